The van der Waals surface area contributed by atoms with Gasteiger partial charge < -0.3 is 5.73 Å². The predicted molar refractivity (Wildman–Crippen MR) is 78.1 cm³/mol. The molecule has 0 heterocycles. The van der Waals surface area contributed by atoms with Crippen molar-refractivity contribution in [1.82, 2.24) is 0 Å². The molecule has 2 aromatic rings. The second-order valence-electron chi connectivity index (χ2n) is 5.00. The highest BCUT2D eigenvalue weighted by Crippen LogP contribution is 2.28. The fourth-order valence-corrected chi connectivity index (χ4v) is 2.38. The van der Waals surface area contributed by atoms with Gasteiger partial charge in [0.25, 0.3) is 0 Å². The molecule has 2 aromatic carbocycles. The molecular formula is C15H13Cl2F2N. The summed E-state index contributed by atoms with van der Waals surface area (Å²) in [5.41, 5.74) is 6.50. The Hall–Kier alpha value is -1.16. The highest BCUT2D eigenvalue weighted by Gasteiger charge is 2.23. The molecule has 20 heavy (non-hydrogen) atoms. The smallest absolute Gasteiger partial charge is 0.126 e. The zero-order valence-corrected chi connectivity index (χ0v) is 12.3. The minimum absolute atomic E-state index is 0.382. The van der Waals surface area contributed by atoms with Gasteiger partial charge in [0.15, 0.2) is 0 Å². The summed E-state index contributed by atoms with van der Waals surface area (Å²) < 4.78 is 26.6. The fraction of sp³-hybridized carbons (Fsp3) is 0.200. The largest absolute Gasteiger partial charge is 0.321 e. The third-order valence-electron chi connectivity index (χ3n) is 3.08. The zero-order valence-electron chi connectivity index (χ0n) is 10.8. The molecule has 2 N–H and O–H groups in total. The Bertz CT molecular complexity index is 622. The summed E-state index contributed by atoms with van der Waals surface area (Å²) in [5.74, 6) is -1.29. The first-order valence-electron chi connectivity index (χ1n) is 5.97. The SMILES string of the molecule is CC(N)(Cc1ccc(Cl)c(Cl)c1)c1cc(F)cc(F)c1. The highest BCUT2D eigenvalue weighted by molar-refractivity contribution is 6.42. The van der Waals surface area contributed by atoms with Gasteiger partial charge in [-0.3, -0.25) is 0 Å². The summed E-state index contributed by atoms with van der Waals surface area (Å²) in [7, 11) is 0. The van der Waals surface area contributed by atoms with Crippen molar-refractivity contribution >= 4 is 23.2 Å². The molecule has 0 radical (unpaired) electrons. The van der Waals surface area contributed by atoms with Crippen LogP contribution in [0, 0.1) is 11.6 Å². The first-order valence-corrected chi connectivity index (χ1v) is 6.73. The van der Waals surface area contributed by atoms with Gasteiger partial charge in [0.1, 0.15) is 11.6 Å². The molecule has 0 spiro atoms. The van der Waals surface area contributed by atoms with E-state index < -0.39 is 17.2 Å². The molecule has 1 nitrogen and oxygen atoms in total. The van der Waals surface area contributed by atoms with Crippen LogP contribution in [0.15, 0.2) is 36.4 Å². The Balaban J connectivity index is 2.32. The first kappa shape index (κ1) is 15.2. The van der Waals surface area contributed by atoms with Crippen molar-refractivity contribution in [3.8, 4) is 0 Å². The Morgan fingerprint density at radius 1 is 1.00 bits per heavy atom. The molecule has 0 fully saturated rings. The van der Waals surface area contributed by atoms with Crippen LogP contribution in [-0.2, 0) is 12.0 Å². The lowest BCUT2D eigenvalue weighted by molar-refractivity contribution is 0.478. The monoisotopic (exact) mass is 315 g/mol. The highest BCUT2D eigenvalue weighted by atomic mass is 35.5. The van der Waals surface area contributed by atoms with E-state index in [1.54, 1.807) is 25.1 Å². The van der Waals surface area contributed by atoms with E-state index in [1.807, 2.05) is 0 Å². The van der Waals surface area contributed by atoms with Gasteiger partial charge in [-0.05, 0) is 48.7 Å². The van der Waals surface area contributed by atoms with Gasteiger partial charge in [0, 0.05) is 11.6 Å². The van der Waals surface area contributed by atoms with Crippen molar-refractivity contribution < 1.29 is 8.78 Å². The van der Waals surface area contributed by atoms with E-state index in [2.05, 4.69) is 0 Å². The molecule has 1 unspecified atom stereocenters. The van der Waals surface area contributed by atoms with Crippen molar-refractivity contribution in [2.24, 2.45) is 5.73 Å². The van der Waals surface area contributed by atoms with Crippen molar-refractivity contribution in [3.05, 3.63) is 69.2 Å². The topological polar surface area (TPSA) is 26.0 Å². The summed E-state index contributed by atoms with van der Waals surface area (Å²) in [6, 6.07) is 8.45. The minimum Gasteiger partial charge on any atom is -0.321 e. The summed E-state index contributed by atoms with van der Waals surface area (Å²) in [6.45, 7) is 1.71. The average molecular weight is 316 g/mol. The third-order valence-corrected chi connectivity index (χ3v) is 3.82. The molecule has 0 saturated heterocycles. The summed E-state index contributed by atoms with van der Waals surface area (Å²) in [6.07, 6.45) is 0.382. The summed E-state index contributed by atoms with van der Waals surface area (Å²) in [4.78, 5) is 0. The van der Waals surface area contributed by atoms with Crippen LogP contribution in [-0.4, -0.2) is 0 Å². The van der Waals surface area contributed by atoms with E-state index in [0.717, 1.165) is 11.6 Å². The van der Waals surface area contributed by atoms with Gasteiger partial charge in [-0.15, -0.1) is 0 Å². The van der Waals surface area contributed by atoms with Crippen LogP contribution in [0.25, 0.3) is 0 Å². The Morgan fingerprint density at radius 2 is 1.60 bits per heavy atom. The van der Waals surface area contributed by atoms with Gasteiger partial charge in [0.05, 0.1) is 10.0 Å². The molecule has 0 aliphatic carbocycles. The van der Waals surface area contributed by atoms with Crippen LogP contribution in [0.2, 0.25) is 10.0 Å². The van der Waals surface area contributed by atoms with E-state index >= 15 is 0 Å². The van der Waals surface area contributed by atoms with Crippen molar-refractivity contribution in [3.63, 3.8) is 0 Å². The van der Waals surface area contributed by atoms with Crippen LogP contribution in [0.4, 0.5) is 8.78 Å². The second-order valence-corrected chi connectivity index (χ2v) is 5.82. The number of hydrogen-bond donors (Lipinski definition) is 1. The van der Waals surface area contributed by atoms with Crippen molar-refractivity contribution in [2.75, 3.05) is 0 Å². The van der Waals surface area contributed by atoms with Gasteiger partial charge >= 0.3 is 0 Å². The van der Waals surface area contributed by atoms with Crippen LogP contribution >= 0.6 is 23.2 Å². The Morgan fingerprint density at radius 3 is 2.15 bits per heavy atom. The molecular weight excluding hydrogens is 303 g/mol. The molecule has 0 aliphatic heterocycles. The van der Waals surface area contributed by atoms with E-state index in [4.69, 9.17) is 28.9 Å². The number of hydrogen-bond acceptors (Lipinski definition) is 1. The molecule has 0 aromatic heterocycles. The van der Waals surface area contributed by atoms with E-state index in [0.29, 0.717) is 22.0 Å². The lowest BCUT2D eigenvalue weighted by atomic mass is 9.86. The van der Waals surface area contributed by atoms with Gasteiger partial charge in [-0.2, -0.15) is 0 Å². The third kappa shape index (κ3) is 3.48. The first-order chi connectivity index (χ1) is 9.28. The maximum absolute atomic E-state index is 13.3. The van der Waals surface area contributed by atoms with E-state index in [1.165, 1.54) is 12.1 Å². The maximum atomic E-state index is 13.3. The van der Waals surface area contributed by atoms with Gasteiger partial charge in [-0.1, -0.05) is 29.3 Å². The van der Waals surface area contributed by atoms with E-state index in [9.17, 15) is 8.78 Å². The summed E-state index contributed by atoms with van der Waals surface area (Å²) in [5, 5.41) is 0.872. The summed E-state index contributed by atoms with van der Waals surface area (Å²) >= 11 is 11.8. The van der Waals surface area contributed by atoms with Gasteiger partial charge in [-0.25, -0.2) is 8.78 Å². The second kappa shape index (κ2) is 5.68. The van der Waals surface area contributed by atoms with Gasteiger partial charge in [0.2, 0.25) is 0 Å². The van der Waals surface area contributed by atoms with Crippen LogP contribution < -0.4 is 5.73 Å². The van der Waals surface area contributed by atoms with Crippen LogP contribution in [0.1, 0.15) is 18.1 Å². The molecule has 0 bridgehead atoms. The number of rotatable bonds is 3. The van der Waals surface area contributed by atoms with Crippen LogP contribution in [0.5, 0.6) is 0 Å². The zero-order chi connectivity index (χ0) is 14.9. The fourth-order valence-electron chi connectivity index (χ4n) is 2.06. The number of nitrogens with two attached hydrogens (primary N) is 1. The molecule has 5 heteroatoms. The molecule has 0 amide bonds. The molecule has 0 aliphatic rings. The van der Waals surface area contributed by atoms with Crippen LogP contribution in [0.3, 0.4) is 0 Å². The Kier molecular flexibility index (Phi) is 4.33. The molecule has 106 valence electrons. The maximum Gasteiger partial charge on any atom is 0.126 e. The average Bonchev–Trinajstić information content (AvgIpc) is 2.32. The lowest BCUT2D eigenvalue weighted by Gasteiger charge is -2.25. The van der Waals surface area contributed by atoms with E-state index in [-0.39, 0.29) is 0 Å². The predicted octanol–water partition coefficient (Wildman–Crippen LogP) is 4.69. The molecule has 2 rings (SSSR count). The normalized spacial score (nSPS) is 14.1. The number of halogens is 4. The Labute approximate surface area is 126 Å². The number of benzene rings is 2. The lowest BCUT2D eigenvalue weighted by Crippen LogP contribution is -2.35. The standard InChI is InChI=1S/C15H13Cl2F2N/c1-15(20,10-5-11(18)7-12(19)6-10)8-9-2-3-13(16)14(17)4-9/h2-7H,8,20H2,1H3. The van der Waals surface area contributed by atoms with Crippen molar-refractivity contribution in [2.45, 2.75) is 18.9 Å². The molecule has 0 saturated carbocycles. The molecule has 1 atom stereocenters. The quantitative estimate of drug-likeness (QED) is 0.873. The van der Waals surface area contributed by atoms with Crippen molar-refractivity contribution in [1.29, 1.82) is 0 Å². The minimum atomic E-state index is -0.917.